The van der Waals surface area contributed by atoms with Crippen LogP contribution >= 0.6 is 0 Å². The summed E-state index contributed by atoms with van der Waals surface area (Å²) in [6, 6.07) is 0. The lowest BCUT2D eigenvalue weighted by Crippen LogP contribution is -2.47. The summed E-state index contributed by atoms with van der Waals surface area (Å²) < 4.78 is 28.4. The van der Waals surface area contributed by atoms with Gasteiger partial charge in [0.25, 0.3) is 0 Å². The second kappa shape index (κ2) is 5.94. The molecule has 1 heterocycles. The molecular formula is C14H22O6S. The van der Waals surface area contributed by atoms with E-state index in [1.54, 1.807) is 6.92 Å². The van der Waals surface area contributed by atoms with Crippen molar-refractivity contribution in [3.05, 3.63) is 0 Å². The number of carboxylic acid groups (broad SMARTS) is 1. The average molecular weight is 318 g/mol. The summed E-state index contributed by atoms with van der Waals surface area (Å²) in [6.45, 7) is 1.72. The van der Waals surface area contributed by atoms with Gasteiger partial charge in [0.1, 0.15) is 0 Å². The maximum absolute atomic E-state index is 12.3. The standard InChI is InChI=1S/C14H22O6S/c1-2-20-13(17)14(12(15)16,7-5-10-3-4-10)11-6-8-21(18,19)9-11/h10-11H,2-9H2,1H3,(H,15,16). The van der Waals surface area contributed by atoms with Gasteiger partial charge in [0, 0.05) is 5.92 Å². The van der Waals surface area contributed by atoms with Gasteiger partial charge >= 0.3 is 11.9 Å². The number of ether oxygens (including phenoxy) is 1. The van der Waals surface area contributed by atoms with Gasteiger partial charge < -0.3 is 9.84 Å². The topological polar surface area (TPSA) is 97.7 Å². The van der Waals surface area contributed by atoms with Crippen molar-refractivity contribution in [2.75, 3.05) is 18.1 Å². The highest BCUT2D eigenvalue weighted by atomic mass is 32.2. The zero-order valence-corrected chi connectivity index (χ0v) is 13.0. The molecule has 1 saturated heterocycles. The predicted octanol–water partition coefficient (Wildman–Crippen LogP) is 1.25. The highest BCUT2D eigenvalue weighted by Gasteiger charge is 2.56. The Morgan fingerprint density at radius 1 is 1.29 bits per heavy atom. The molecule has 2 fully saturated rings. The molecule has 0 bridgehead atoms. The van der Waals surface area contributed by atoms with Crippen molar-refractivity contribution >= 4 is 21.8 Å². The number of carboxylic acids is 1. The van der Waals surface area contributed by atoms with E-state index in [-0.39, 0.29) is 31.0 Å². The Morgan fingerprint density at radius 2 is 1.95 bits per heavy atom. The van der Waals surface area contributed by atoms with E-state index >= 15 is 0 Å². The van der Waals surface area contributed by atoms with Crippen LogP contribution in [0, 0.1) is 17.3 Å². The van der Waals surface area contributed by atoms with Gasteiger partial charge in [0.2, 0.25) is 0 Å². The lowest BCUT2D eigenvalue weighted by atomic mass is 9.71. The molecule has 1 aliphatic carbocycles. The maximum atomic E-state index is 12.3. The average Bonchev–Trinajstić information content (AvgIpc) is 3.14. The van der Waals surface area contributed by atoms with Crippen LogP contribution in [0.15, 0.2) is 0 Å². The van der Waals surface area contributed by atoms with Crippen molar-refractivity contribution in [3.8, 4) is 0 Å². The maximum Gasteiger partial charge on any atom is 0.323 e. The van der Waals surface area contributed by atoms with Crippen molar-refractivity contribution in [1.82, 2.24) is 0 Å². The first-order chi connectivity index (χ1) is 9.82. The lowest BCUT2D eigenvalue weighted by molar-refractivity contribution is -0.173. The molecule has 0 spiro atoms. The summed E-state index contributed by atoms with van der Waals surface area (Å²) >= 11 is 0. The highest BCUT2D eigenvalue weighted by Crippen LogP contribution is 2.45. The fourth-order valence-corrected chi connectivity index (χ4v) is 5.00. The molecular weight excluding hydrogens is 296 g/mol. The van der Waals surface area contributed by atoms with E-state index < -0.39 is 33.1 Å². The van der Waals surface area contributed by atoms with Gasteiger partial charge in [0.05, 0.1) is 18.1 Å². The summed E-state index contributed by atoms with van der Waals surface area (Å²) in [7, 11) is -3.25. The Hall–Kier alpha value is -1.11. The molecule has 2 unspecified atom stereocenters. The molecule has 0 aromatic heterocycles. The first-order valence-corrected chi connectivity index (χ1v) is 9.25. The van der Waals surface area contributed by atoms with E-state index in [4.69, 9.17) is 4.74 Å². The molecule has 2 atom stereocenters. The van der Waals surface area contributed by atoms with Crippen LogP contribution < -0.4 is 0 Å². The molecule has 0 amide bonds. The molecule has 120 valence electrons. The second-order valence-corrected chi connectivity index (χ2v) is 8.31. The zero-order chi connectivity index (χ0) is 15.7. The van der Waals surface area contributed by atoms with Gasteiger partial charge in [-0.15, -0.1) is 0 Å². The van der Waals surface area contributed by atoms with Crippen LogP contribution in [0.25, 0.3) is 0 Å². The van der Waals surface area contributed by atoms with Crippen molar-refractivity contribution in [1.29, 1.82) is 0 Å². The number of hydrogen-bond donors (Lipinski definition) is 1. The quantitative estimate of drug-likeness (QED) is 0.560. The molecule has 7 heteroatoms. The monoisotopic (exact) mass is 318 g/mol. The van der Waals surface area contributed by atoms with E-state index in [9.17, 15) is 23.1 Å². The molecule has 21 heavy (non-hydrogen) atoms. The van der Waals surface area contributed by atoms with Crippen molar-refractivity contribution in [2.45, 2.75) is 39.0 Å². The molecule has 2 rings (SSSR count). The summed E-state index contributed by atoms with van der Waals surface area (Å²) in [5.41, 5.74) is -1.71. The second-order valence-electron chi connectivity index (χ2n) is 6.08. The Labute approximate surface area is 124 Å². The largest absolute Gasteiger partial charge is 0.480 e. The summed E-state index contributed by atoms with van der Waals surface area (Å²) in [4.78, 5) is 24.2. The minimum absolute atomic E-state index is 0.0461. The third kappa shape index (κ3) is 3.39. The van der Waals surface area contributed by atoms with Crippen molar-refractivity contribution in [3.63, 3.8) is 0 Å². The summed E-state index contributed by atoms with van der Waals surface area (Å²) in [5.74, 6) is -2.52. The SMILES string of the molecule is CCOC(=O)C(CCC1CC1)(C(=O)O)C1CCS(=O)(=O)C1. The smallest absolute Gasteiger partial charge is 0.323 e. The van der Waals surface area contributed by atoms with E-state index in [0.717, 1.165) is 12.8 Å². The first kappa shape index (κ1) is 16.3. The molecule has 0 aromatic carbocycles. The number of esters is 1. The van der Waals surface area contributed by atoms with Gasteiger partial charge in [-0.05, 0) is 32.1 Å². The van der Waals surface area contributed by atoms with Crippen LogP contribution in [-0.4, -0.2) is 43.6 Å². The lowest BCUT2D eigenvalue weighted by Gasteiger charge is -2.32. The normalized spacial score (nSPS) is 27.0. The minimum atomic E-state index is -3.25. The molecule has 1 saturated carbocycles. The molecule has 0 aromatic rings. The Bertz CT molecular complexity index is 522. The van der Waals surface area contributed by atoms with E-state index in [1.807, 2.05) is 0 Å². The molecule has 0 radical (unpaired) electrons. The van der Waals surface area contributed by atoms with Crippen LogP contribution in [-0.2, 0) is 24.2 Å². The minimum Gasteiger partial charge on any atom is -0.480 e. The van der Waals surface area contributed by atoms with Crippen LogP contribution in [0.2, 0.25) is 0 Å². The van der Waals surface area contributed by atoms with Gasteiger partial charge in [-0.2, -0.15) is 0 Å². The number of carbonyl (C=O) groups is 2. The Kier molecular flexibility index (Phi) is 4.60. The van der Waals surface area contributed by atoms with Crippen molar-refractivity contribution < 1.29 is 27.9 Å². The van der Waals surface area contributed by atoms with Crippen LogP contribution in [0.3, 0.4) is 0 Å². The van der Waals surface area contributed by atoms with Gasteiger partial charge in [-0.3, -0.25) is 9.59 Å². The fourth-order valence-electron chi connectivity index (χ4n) is 3.12. The molecule has 2 aliphatic rings. The summed E-state index contributed by atoms with van der Waals surface area (Å²) in [6.07, 6.45) is 3.15. The highest BCUT2D eigenvalue weighted by molar-refractivity contribution is 7.91. The van der Waals surface area contributed by atoms with Gasteiger partial charge in [-0.25, -0.2) is 8.42 Å². The van der Waals surface area contributed by atoms with E-state index in [0.29, 0.717) is 12.3 Å². The van der Waals surface area contributed by atoms with E-state index in [2.05, 4.69) is 0 Å². The van der Waals surface area contributed by atoms with Crippen molar-refractivity contribution in [2.24, 2.45) is 17.3 Å². The molecule has 1 aliphatic heterocycles. The Balaban J connectivity index is 2.29. The fraction of sp³-hybridized carbons (Fsp3) is 0.857. The first-order valence-electron chi connectivity index (χ1n) is 7.43. The van der Waals surface area contributed by atoms with E-state index in [1.165, 1.54) is 0 Å². The van der Waals surface area contributed by atoms with Gasteiger partial charge in [-0.1, -0.05) is 12.8 Å². The van der Waals surface area contributed by atoms with Crippen LogP contribution in [0.1, 0.15) is 39.0 Å². The predicted molar refractivity (Wildman–Crippen MR) is 75.4 cm³/mol. The number of carbonyl (C=O) groups excluding carboxylic acids is 1. The summed E-state index contributed by atoms with van der Waals surface area (Å²) in [5, 5.41) is 9.69. The van der Waals surface area contributed by atoms with Crippen LogP contribution in [0.4, 0.5) is 0 Å². The number of sulfone groups is 1. The zero-order valence-electron chi connectivity index (χ0n) is 12.2. The van der Waals surface area contributed by atoms with Gasteiger partial charge in [0.15, 0.2) is 15.3 Å². The third-order valence-electron chi connectivity index (χ3n) is 4.59. The Morgan fingerprint density at radius 3 is 2.38 bits per heavy atom. The number of rotatable bonds is 7. The number of hydrogen-bond acceptors (Lipinski definition) is 5. The van der Waals surface area contributed by atoms with Crippen LogP contribution in [0.5, 0.6) is 0 Å². The number of aliphatic carboxylic acids is 1. The third-order valence-corrected chi connectivity index (χ3v) is 6.36. The molecule has 6 nitrogen and oxygen atoms in total. The molecule has 1 N–H and O–H groups in total.